The topological polar surface area (TPSA) is 66.5 Å². The fourth-order valence-electron chi connectivity index (χ4n) is 3.78. The number of nitrogens with one attached hydrogen (secondary N) is 1. The lowest BCUT2D eigenvalue weighted by Gasteiger charge is -2.30. The molecule has 0 atom stereocenters. The summed E-state index contributed by atoms with van der Waals surface area (Å²) >= 11 is 0. The molecule has 1 saturated heterocycles. The number of fused-ring (bicyclic) bond motifs is 1. The quantitative estimate of drug-likeness (QED) is 0.643. The summed E-state index contributed by atoms with van der Waals surface area (Å²) in [5, 5.41) is 4.75. The van der Waals surface area contributed by atoms with Crippen LogP contribution in [-0.4, -0.2) is 38.3 Å². The molecule has 6 heteroatoms. The van der Waals surface area contributed by atoms with Crippen molar-refractivity contribution in [3.05, 3.63) is 78.4 Å². The molecule has 0 aliphatic carbocycles. The number of amides is 1. The molecule has 3 aromatic rings. The van der Waals surface area contributed by atoms with Gasteiger partial charge >= 0.3 is 0 Å². The molecular weight excluding hydrogens is 408 g/mol. The number of piperidine rings is 1. The lowest BCUT2D eigenvalue weighted by atomic mass is 9.97. The lowest BCUT2D eigenvalue weighted by Crippen LogP contribution is -2.43. The van der Waals surface area contributed by atoms with Crippen molar-refractivity contribution in [2.75, 3.05) is 19.6 Å². The van der Waals surface area contributed by atoms with Crippen LogP contribution in [0.5, 0.6) is 0 Å². The fraction of sp³-hybridized carbons (Fsp3) is 0.240. The predicted octanol–water partition coefficient (Wildman–Crippen LogP) is 3.41. The molecule has 0 spiro atoms. The number of hydrogen-bond donors (Lipinski definition) is 1. The van der Waals surface area contributed by atoms with Crippen LogP contribution in [0.2, 0.25) is 0 Å². The summed E-state index contributed by atoms with van der Waals surface area (Å²) in [6, 6.07) is 22.5. The highest BCUT2D eigenvalue weighted by molar-refractivity contribution is 7.89. The van der Waals surface area contributed by atoms with Gasteiger partial charge in [0.1, 0.15) is 0 Å². The Balaban J connectivity index is 1.33. The van der Waals surface area contributed by atoms with Crippen molar-refractivity contribution in [2.24, 2.45) is 5.92 Å². The van der Waals surface area contributed by atoms with Gasteiger partial charge in [-0.2, -0.15) is 4.31 Å². The molecule has 158 valence electrons. The summed E-state index contributed by atoms with van der Waals surface area (Å²) in [7, 11) is -3.57. The zero-order valence-electron chi connectivity index (χ0n) is 17.1. The zero-order chi connectivity index (χ0) is 21.7. The van der Waals surface area contributed by atoms with E-state index in [4.69, 9.17) is 0 Å². The minimum atomic E-state index is -3.57. The normalized spacial score (nSPS) is 15.2. The van der Waals surface area contributed by atoms with Crippen molar-refractivity contribution in [1.29, 1.82) is 0 Å². The van der Waals surface area contributed by atoms with Gasteiger partial charge in [0.05, 0.1) is 11.4 Å². The molecule has 0 saturated carbocycles. The fourth-order valence-corrected chi connectivity index (χ4v) is 5.28. The maximum Gasteiger partial charge on any atom is 0.243 e. The van der Waals surface area contributed by atoms with Crippen LogP contribution in [0, 0.1) is 17.8 Å². The molecule has 1 fully saturated rings. The Kier molecular flexibility index (Phi) is 6.36. The monoisotopic (exact) mass is 432 g/mol. The summed E-state index contributed by atoms with van der Waals surface area (Å²) in [5.41, 5.74) is 0.906. The molecule has 1 heterocycles. The average molecular weight is 433 g/mol. The van der Waals surface area contributed by atoms with Crippen LogP contribution >= 0.6 is 0 Å². The van der Waals surface area contributed by atoms with E-state index >= 15 is 0 Å². The number of carbonyl (C=O) groups is 1. The number of benzene rings is 3. The third kappa shape index (κ3) is 4.96. The standard InChI is InChI=1S/C25H24N2O3S/c28-25(26-16-6-9-20-7-2-1-3-8-20)22-14-17-27(18-15-22)31(29,30)24-13-12-21-10-4-5-11-23(21)19-24/h1-5,7-8,10-13,19,22H,14-18H2,(H,26,28). The first-order chi connectivity index (χ1) is 15.0. The summed E-state index contributed by atoms with van der Waals surface area (Å²) in [5.74, 6) is 5.70. The molecule has 0 radical (unpaired) electrons. The number of hydrogen-bond acceptors (Lipinski definition) is 3. The zero-order valence-corrected chi connectivity index (χ0v) is 17.9. The summed E-state index contributed by atoms with van der Waals surface area (Å²) in [6.07, 6.45) is 1.01. The van der Waals surface area contributed by atoms with Gasteiger partial charge in [-0.3, -0.25) is 4.79 Å². The average Bonchev–Trinajstić information content (AvgIpc) is 2.82. The maximum absolute atomic E-state index is 13.1. The van der Waals surface area contributed by atoms with Gasteiger partial charge in [0.2, 0.25) is 15.9 Å². The molecule has 31 heavy (non-hydrogen) atoms. The van der Waals surface area contributed by atoms with Crippen LogP contribution < -0.4 is 5.32 Å². The van der Waals surface area contributed by atoms with Crippen LogP contribution in [0.15, 0.2) is 77.7 Å². The molecule has 0 unspecified atom stereocenters. The first kappa shape index (κ1) is 21.1. The molecule has 1 N–H and O–H groups in total. The minimum Gasteiger partial charge on any atom is -0.345 e. The Morgan fingerprint density at radius 3 is 2.35 bits per heavy atom. The van der Waals surface area contributed by atoms with Gasteiger partial charge in [-0.1, -0.05) is 60.4 Å². The van der Waals surface area contributed by atoms with E-state index in [2.05, 4.69) is 17.2 Å². The molecule has 5 nitrogen and oxygen atoms in total. The summed E-state index contributed by atoms with van der Waals surface area (Å²) < 4.78 is 27.6. The molecule has 1 aliphatic rings. The smallest absolute Gasteiger partial charge is 0.243 e. The van der Waals surface area contributed by atoms with Gasteiger partial charge in [0.25, 0.3) is 0 Å². The Morgan fingerprint density at radius 1 is 0.935 bits per heavy atom. The van der Waals surface area contributed by atoms with E-state index in [0.29, 0.717) is 30.8 Å². The van der Waals surface area contributed by atoms with Gasteiger partial charge in [-0.05, 0) is 47.9 Å². The van der Waals surface area contributed by atoms with Gasteiger partial charge in [0, 0.05) is 24.6 Å². The van der Waals surface area contributed by atoms with Crippen molar-refractivity contribution in [1.82, 2.24) is 9.62 Å². The maximum atomic E-state index is 13.1. The highest BCUT2D eigenvalue weighted by Crippen LogP contribution is 2.26. The second kappa shape index (κ2) is 9.34. The van der Waals surface area contributed by atoms with E-state index in [-0.39, 0.29) is 18.4 Å². The van der Waals surface area contributed by atoms with Crippen molar-refractivity contribution in [3.63, 3.8) is 0 Å². The van der Waals surface area contributed by atoms with Gasteiger partial charge in [-0.15, -0.1) is 0 Å². The molecule has 3 aromatic carbocycles. The van der Waals surface area contributed by atoms with E-state index in [1.807, 2.05) is 60.7 Å². The Labute approximate surface area is 183 Å². The van der Waals surface area contributed by atoms with Crippen LogP contribution in [0.4, 0.5) is 0 Å². The van der Waals surface area contributed by atoms with Crippen LogP contribution in [-0.2, 0) is 14.8 Å². The number of sulfonamides is 1. The van der Waals surface area contributed by atoms with Gasteiger partial charge in [0.15, 0.2) is 0 Å². The lowest BCUT2D eigenvalue weighted by molar-refractivity contribution is -0.125. The van der Waals surface area contributed by atoms with E-state index in [1.165, 1.54) is 4.31 Å². The molecule has 0 bridgehead atoms. The van der Waals surface area contributed by atoms with E-state index < -0.39 is 10.0 Å². The van der Waals surface area contributed by atoms with E-state index in [1.54, 1.807) is 12.1 Å². The van der Waals surface area contributed by atoms with E-state index in [9.17, 15) is 13.2 Å². The van der Waals surface area contributed by atoms with Gasteiger partial charge in [-0.25, -0.2) is 8.42 Å². The molecule has 1 amide bonds. The Morgan fingerprint density at radius 2 is 1.61 bits per heavy atom. The molecular formula is C25H24N2O3S. The van der Waals surface area contributed by atoms with Crippen molar-refractivity contribution in [3.8, 4) is 11.8 Å². The van der Waals surface area contributed by atoms with E-state index in [0.717, 1.165) is 16.3 Å². The largest absolute Gasteiger partial charge is 0.345 e. The van der Waals surface area contributed by atoms with Gasteiger partial charge < -0.3 is 5.32 Å². The highest BCUT2D eigenvalue weighted by Gasteiger charge is 2.32. The SMILES string of the molecule is O=C(NCC#Cc1ccccc1)C1CCN(S(=O)(=O)c2ccc3ccccc3c2)CC1. The van der Waals surface area contributed by atoms with Crippen LogP contribution in [0.25, 0.3) is 10.8 Å². The number of nitrogens with zero attached hydrogens (tertiary/aromatic N) is 1. The number of carbonyl (C=O) groups excluding carboxylic acids is 1. The predicted molar refractivity (Wildman–Crippen MR) is 122 cm³/mol. The highest BCUT2D eigenvalue weighted by atomic mass is 32.2. The Hall–Kier alpha value is -3.14. The van der Waals surface area contributed by atoms with Crippen LogP contribution in [0.3, 0.4) is 0 Å². The van der Waals surface area contributed by atoms with Crippen molar-refractivity contribution in [2.45, 2.75) is 17.7 Å². The number of rotatable bonds is 4. The molecule has 1 aliphatic heterocycles. The van der Waals surface area contributed by atoms with Crippen molar-refractivity contribution < 1.29 is 13.2 Å². The Bertz CT molecular complexity index is 1240. The third-order valence-electron chi connectivity index (χ3n) is 5.54. The first-order valence-electron chi connectivity index (χ1n) is 10.3. The summed E-state index contributed by atoms with van der Waals surface area (Å²) in [4.78, 5) is 12.7. The molecule has 4 rings (SSSR count). The van der Waals surface area contributed by atoms with Crippen molar-refractivity contribution >= 4 is 26.7 Å². The first-order valence-corrected chi connectivity index (χ1v) is 11.8. The third-order valence-corrected chi connectivity index (χ3v) is 7.44. The van der Waals surface area contributed by atoms with Crippen LogP contribution in [0.1, 0.15) is 18.4 Å². The minimum absolute atomic E-state index is 0.0647. The second-order valence-corrected chi connectivity index (χ2v) is 9.51. The second-order valence-electron chi connectivity index (χ2n) is 7.57. The molecule has 0 aromatic heterocycles. The summed E-state index contributed by atoms with van der Waals surface area (Å²) in [6.45, 7) is 0.954.